The summed E-state index contributed by atoms with van der Waals surface area (Å²) in [7, 11) is 0. The number of hydrogen-bond acceptors (Lipinski definition) is 3. The number of nitrogens with one attached hydrogen (secondary N) is 1. The van der Waals surface area contributed by atoms with Gasteiger partial charge in [-0.1, -0.05) is 0 Å². The largest absolute Gasteiger partial charge is 0.388 e. The highest BCUT2D eigenvalue weighted by Crippen LogP contribution is 1.80. The molecule has 0 aliphatic rings. The van der Waals surface area contributed by atoms with Gasteiger partial charge in [-0.2, -0.15) is 0 Å². The Morgan fingerprint density at radius 2 is 2.12 bits per heavy atom. The molecule has 0 rings (SSSR count). The van der Waals surface area contributed by atoms with Crippen LogP contribution in [0, 0.1) is 5.41 Å². The predicted octanol–water partition coefficient (Wildman–Crippen LogP) is -1.40. The first kappa shape index (κ1) is 7.39. The van der Waals surface area contributed by atoms with E-state index in [1.165, 1.54) is 0 Å². The zero-order chi connectivity index (χ0) is 6.57. The quantitative estimate of drug-likeness (QED) is 0.269. The lowest BCUT2D eigenvalue weighted by Crippen LogP contribution is -2.33. The molecule has 48 valence electrons. The van der Waals surface area contributed by atoms with Gasteiger partial charge in [0.25, 0.3) is 0 Å². The lowest BCUT2D eigenvalue weighted by atomic mass is 10.2. The third kappa shape index (κ3) is 3.58. The molecule has 1 atom stereocenters. The number of hydrogen-bond donors (Lipinski definition) is 4. The highest BCUT2D eigenvalue weighted by Gasteiger charge is 1.98. The number of amidine groups is 1. The molecule has 0 aromatic rings. The van der Waals surface area contributed by atoms with Gasteiger partial charge in [-0.25, -0.2) is 0 Å². The summed E-state index contributed by atoms with van der Waals surface area (Å²) in [5.41, 5.74) is 15.5. The second-order valence-corrected chi connectivity index (χ2v) is 1.73. The summed E-state index contributed by atoms with van der Waals surface area (Å²) in [5.74, 6) is 0.1000. The molecule has 0 aliphatic carbocycles. The van der Waals surface area contributed by atoms with E-state index in [0.29, 0.717) is 13.0 Å². The van der Waals surface area contributed by atoms with Crippen LogP contribution in [0.1, 0.15) is 6.42 Å². The molecule has 0 heterocycles. The van der Waals surface area contributed by atoms with E-state index in [1.54, 1.807) is 0 Å². The third-order valence-corrected chi connectivity index (χ3v) is 0.785. The van der Waals surface area contributed by atoms with Crippen molar-refractivity contribution in [3.05, 3.63) is 0 Å². The van der Waals surface area contributed by atoms with Gasteiger partial charge in [0.05, 0.1) is 5.84 Å². The Hall–Kier alpha value is -0.610. The van der Waals surface area contributed by atoms with Crippen LogP contribution in [-0.4, -0.2) is 18.4 Å². The summed E-state index contributed by atoms with van der Waals surface area (Å²) in [6, 6.07) is -0.146. The minimum Gasteiger partial charge on any atom is -0.388 e. The predicted molar refractivity (Wildman–Crippen MR) is 33.6 cm³/mol. The van der Waals surface area contributed by atoms with Crippen LogP contribution in [0.5, 0.6) is 0 Å². The highest BCUT2D eigenvalue weighted by atomic mass is 14.8. The first-order valence-corrected chi connectivity index (χ1v) is 2.45. The van der Waals surface area contributed by atoms with Crippen LogP contribution in [0.25, 0.3) is 0 Å². The van der Waals surface area contributed by atoms with Gasteiger partial charge in [0.2, 0.25) is 0 Å². The van der Waals surface area contributed by atoms with Gasteiger partial charge in [0.15, 0.2) is 0 Å². The van der Waals surface area contributed by atoms with Crippen molar-refractivity contribution < 1.29 is 0 Å². The average molecular weight is 116 g/mol. The Morgan fingerprint density at radius 1 is 1.62 bits per heavy atom. The van der Waals surface area contributed by atoms with Crippen molar-refractivity contribution in [1.29, 1.82) is 5.41 Å². The molecule has 0 bridgehead atoms. The van der Waals surface area contributed by atoms with Crippen molar-refractivity contribution in [2.75, 3.05) is 6.54 Å². The summed E-state index contributed by atoms with van der Waals surface area (Å²) >= 11 is 0. The zero-order valence-corrected chi connectivity index (χ0v) is 4.72. The zero-order valence-electron chi connectivity index (χ0n) is 4.72. The number of rotatable bonds is 3. The van der Waals surface area contributed by atoms with E-state index in [-0.39, 0.29) is 11.9 Å². The second kappa shape index (κ2) is 3.40. The fourth-order valence-electron chi connectivity index (χ4n) is 0.366. The summed E-state index contributed by atoms with van der Waals surface area (Å²) in [5, 5.41) is 6.77. The van der Waals surface area contributed by atoms with Crippen LogP contribution >= 0.6 is 0 Å². The van der Waals surface area contributed by atoms with Crippen molar-refractivity contribution in [2.45, 2.75) is 12.5 Å². The maximum Gasteiger partial charge on any atom is 0.0921 e. The summed E-state index contributed by atoms with van der Waals surface area (Å²) in [6.07, 6.45) is 0.399. The molecule has 0 aromatic carbocycles. The molecule has 0 aromatic heterocycles. The lowest BCUT2D eigenvalue weighted by molar-refractivity contribution is 0.706. The normalized spacial score (nSPS) is 13.2. The van der Waals surface area contributed by atoms with Gasteiger partial charge < -0.3 is 17.2 Å². The van der Waals surface area contributed by atoms with Crippen molar-refractivity contribution in [3.8, 4) is 0 Å². The third-order valence-electron chi connectivity index (χ3n) is 0.785. The van der Waals surface area contributed by atoms with Crippen LogP contribution in [0.2, 0.25) is 0 Å². The number of nitrogens with two attached hydrogens (primary N) is 3. The van der Waals surface area contributed by atoms with Gasteiger partial charge in [0, 0.05) is 19.0 Å². The molecule has 0 saturated heterocycles. The topological polar surface area (TPSA) is 102 Å². The van der Waals surface area contributed by atoms with Gasteiger partial charge >= 0.3 is 0 Å². The Kier molecular flexibility index (Phi) is 3.14. The molecule has 0 saturated carbocycles. The molecule has 0 aliphatic heterocycles. The molecule has 8 heavy (non-hydrogen) atoms. The van der Waals surface area contributed by atoms with Crippen molar-refractivity contribution >= 4 is 5.84 Å². The molecule has 1 unspecified atom stereocenters. The summed E-state index contributed by atoms with van der Waals surface area (Å²) in [6.45, 7) is 0.388. The van der Waals surface area contributed by atoms with Crippen LogP contribution < -0.4 is 17.2 Å². The Labute approximate surface area is 48.5 Å². The minimum atomic E-state index is -0.146. The van der Waals surface area contributed by atoms with Gasteiger partial charge in [-0.15, -0.1) is 0 Å². The molecule has 0 amide bonds. The van der Waals surface area contributed by atoms with Crippen LogP contribution in [0.4, 0.5) is 0 Å². The van der Waals surface area contributed by atoms with E-state index in [9.17, 15) is 0 Å². The fraction of sp³-hybridized carbons (Fsp3) is 0.750. The maximum atomic E-state index is 6.77. The van der Waals surface area contributed by atoms with Crippen molar-refractivity contribution in [1.82, 2.24) is 0 Å². The average Bonchev–Trinajstić information content (AvgIpc) is 1.65. The van der Waals surface area contributed by atoms with Crippen LogP contribution in [0.15, 0.2) is 0 Å². The Morgan fingerprint density at radius 3 is 2.25 bits per heavy atom. The monoisotopic (exact) mass is 116 g/mol. The molecule has 4 nitrogen and oxygen atoms in total. The smallest absolute Gasteiger partial charge is 0.0921 e. The molecule has 0 fully saturated rings. The summed E-state index contributed by atoms with van der Waals surface area (Å²) < 4.78 is 0. The standard InChI is InChI=1S/C4H12N4/c5-2-3(6)1-4(7)8/h3H,1-2,5-6H2,(H3,7,8). The van der Waals surface area contributed by atoms with E-state index in [2.05, 4.69) is 0 Å². The van der Waals surface area contributed by atoms with Crippen molar-refractivity contribution in [2.24, 2.45) is 17.2 Å². The summed E-state index contributed by atoms with van der Waals surface area (Å²) in [4.78, 5) is 0. The SMILES string of the molecule is N=C(N)CC(N)CN. The van der Waals surface area contributed by atoms with Crippen molar-refractivity contribution in [3.63, 3.8) is 0 Å². The molecule has 4 heteroatoms. The van der Waals surface area contributed by atoms with E-state index in [4.69, 9.17) is 22.6 Å². The van der Waals surface area contributed by atoms with E-state index < -0.39 is 0 Å². The van der Waals surface area contributed by atoms with Gasteiger partial charge in [0.1, 0.15) is 0 Å². The first-order valence-electron chi connectivity index (χ1n) is 2.45. The minimum absolute atomic E-state index is 0.1000. The lowest BCUT2D eigenvalue weighted by Gasteiger charge is -2.04. The van der Waals surface area contributed by atoms with Gasteiger partial charge in [-0.05, 0) is 0 Å². The maximum absolute atomic E-state index is 6.77. The Balaban J connectivity index is 3.24. The molecule has 0 radical (unpaired) electrons. The van der Waals surface area contributed by atoms with Gasteiger partial charge in [-0.3, -0.25) is 5.41 Å². The molecule has 7 N–H and O–H groups in total. The second-order valence-electron chi connectivity index (χ2n) is 1.73. The first-order chi connectivity index (χ1) is 3.66. The van der Waals surface area contributed by atoms with E-state index in [1.807, 2.05) is 0 Å². The molecular formula is C4H12N4. The van der Waals surface area contributed by atoms with E-state index >= 15 is 0 Å². The highest BCUT2D eigenvalue weighted by molar-refractivity contribution is 5.77. The molecular weight excluding hydrogens is 104 g/mol. The Bertz CT molecular complexity index is 80.1. The fourth-order valence-corrected chi connectivity index (χ4v) is 0.366. The van der Waals surface area contributed by atoms with Crippen LogP contribution in [-0.2, 0) is 0 Å². The molecule has 0 spiro atoms. The van der Waals surface area contributed by atoms with E-state index in [0.717, 1.165) is 0 Å². The van der Waals surface area contributed by atoms with Crippen LogP contribution in [0.3, 0.4) is 0 Å².